The molecule has 4 heteroatoms. The first-order valence-corrected chi connectivity index (χ1v) is 6.35. The number of benzene rings is 1. The summed E-state index contributed by atoms with van der Waals surface area (Å²) in [5.41, 5.74) is 6.47. The van der Waals surface area contributed by atoms with Crippen LogP contribution in [-0.2, 0) is 0 Å². The maximum Gasteiger partial charge on any atom is 0.143 e. The number of nitrogen functional groups attached to an aromatic ring is 1. The molecule has 0 radical (unpaired) electrons. The summed E-state index contributed by atoms with van der Waals surface area (Å²) in [5.74, 6) is 0.733. The van der Waals surface area contributed by atoms with Crippen molar-refractivity contribution >= 4 is 17.4 Å². The minimum absolute atomic E-state index is 0.167. The number of anilines is 1. The van der Waals surface area contributed by atoms with E-state index < -0.39 is 0 Å². The van der Waals surface area contributed by atoms with E-state index in [0.717, 1.165) is 17.1 Å². The maximum absolute atomic E-state index is 8.98. The minimum atomic E-state index is 0.167. The number of thioether (sulfide) groups is 1. The molecule has 0 aromatic heterocycles. The van der Waals surface area contributed by atoms with Crippen molar-refractivity contribution in [1.29, 1.82) is 0 Å². The van der Waals surface area contributed by atoms with Gasteiger partial charge in [0, 0.05) is 10.1 Å². The number of rotatable bonds is 6. The van der Waals surface area contributed by atoms with Gasteiger partial charge < -0.3 is 15.6 Å². The van der Waals surface area contributed by atoms with Crippen molar-refractivity contribution in [2.24, 2.45) is 0 Å². The lowest BCUT2D eigenvalue weighted by atomic mass is 10.3. The van der Waals surface area contributed by atoms with Gasteiger partial charge in [0.1, 0.15) is 5.75 Å². The molecule has 0 saturated heterocycles. The van der Waals surface area contributed by atoms with Crippen molar-refractivity contribution in [2.75, 3.05) is 18.9 Å². The molecule has 1 rings (SSSR count). The van der Waals surface area contributed by atoms with E-state index in [2.05, 4.69) is 6.92 Å². The van der Waals surface area contributed by atoms with Crippen LogP contribution in [-0.4, -0.2) is 23.6 Å². The quantitative estimate of drug-likeness (QED) is 0.593. The first kappa shape index (κ1) is 13.2. The van der Waals surface area contributed by atoms with Crippen LogP contribution in [0.2, 0.25) is 0 Å². The van der Waals surface area contributed by atoms with Crippen molar-refractivity contribution in [2.45, 2.75) is 30.4 Å². The highest BCUT2D eigenvalue weighted by atomic mass is 32.2. The molecule has 1 aromatic rings. The molecule has 0 aliphatic heterocycles. The van der Waals surface area contributed by atoms with Gasteiger partial charge >= 0.3 is 0 Å². The molecule has 3 N–H and O–H groups in total. The fourth-order valence-corrected chi connectivity index (χ4v) is 2.06. The summed E-state index contributed by atoms with van der Waals surface area (Å²) in [6, 6.07) is 5.73. The summed E-state index contributed by atoms with van der Waals surface area (Å²) in [5, 5.41) is 9.17. The van der Waals surface area contributed by atoms with Crippen LogP contribution in [0.5, 0.6) is 5.75 Å². The van der Waals surface area contributed by atoms with Crippen LogP contribution in [0.3, 0.4) is 0 Å². The molecular weight excluding hydrogens is 222 g/mol. The Labute approximate surface area is 101 Å². The van der Waals surface area contributed by atoms with Crippen LogP contribution >= 0.6 is 11.8 Å². The first-order valence-electron chi connectivity index (χ1n) is 5.47. The monoisotopic (exact) mass is 241 g/mol. The average Bonchev–Trinajstić information content (AvgIpc) is 2.29. The summed E-state index contributed by atoms with van der Waals surface area (Å²) in [6.45, 7) is 4.88. The summed E-state index contributed by atoms with van der Waals surface area (Å²) in [4.78, 5) is 1.07. The molecule has 1 unspecified atom stereocenters. The largest absolute Gasteiger partial charge is 0.491 e. The van der Waals surface area contributed by atoms with E-state index in [4.69, 9.17) is 15.6 Å². The fourth-order valence-electron chi connectivity index (χ4n) is 1.19. The lowest BCUT2D eigenvalue weighted by Crippen LogP contribution is -2.02. The normalized spacial score (nSPS) is 12.4. The van der Waals surface area contributed by atoms with Gasteiger partial charge in [0.25, 0.3) is 0 Å². The molecule has 0 amide bonds. The van der Waals surface area contributed by atoms with E-state index in [1.54, 1.807) is 11.8 Å². The molecule has 0 spiro atoms. The van der Waals surface area contributed by atoms with Gasteiger partial charge in [-0.25, -0.2) is 0 Å². The highest BCUT2D eigenvalue weighted by Gasteiger charge is 2.06. The Morgan fingerprint density at radius 2 is 2.25 bits per heavy atom. The topological polar surface area (TPSA) is 55.5 Å². The Morgan fingerprint density at radius 3 is 2.88 bits per heavy atom. The van der Waals surface area contributed by atoms with Crippen LogP contribution in [0.25, 0.3) is 0 Å². The summed E-state index contributed by atoms with van der Waals surface area (Å²) in [6.07, 6.45) is 0.962. The van der Waals surface area contributed by atoms with Gasteiger partial charge in [0.15, 0.2) is 0 Å². The lowest BCUT2D eigenvalue weighted by Gasteiger charge is -2.11. The molecule has 0 aliphatic rings. The van der Waals surface area contributed by atoms with Gasteiger partial charge in [-0.1, -0.05) is 13.8 Å². The van der Waals surface area contributed by atoms with E-state index in [0.29, 0.717) is 12.3 Å². The van der Waals surface area contributed by atoms with Gasteiger partial charge in [0.2, 0.25) is 0 Å². The third kappa shape index (κ3) is 3.94. The van der Waals surface area contributed by atoms with E-state index in [-0.39, 0.29) is 11.9 Å². The van der Waals surface area contributed by atoms with E-state index in [1.807, 2.05) is 25.1 Å². The van der Waals surface area contributed by atoms with Crippen LogP contribution in [0.1, 0.15) is 20.3 Å². The standard InChI is InChI=1S/C12H19NO2S/c1-3-6-15-12-7-10(4-5-11(12)13)16-9(2)8-14/h4-5,7,9,14H,3,6,8,13H2,1-2H3. The number of hydrogen-bond donors (Lipinski definition) is 2. The third-order valence-electron chi connectivity index (χ3n) is 2.04. The summed E-state index contributed by atoms with van der Waals surface area (Å²) < 4.78 is 5.54. The Hall–Kier alpha value is -0.870. The molecule has 3 nitrogen and oxygen atoms in total. The van der Waals surface area contributed by atoms with E-state index in [1.165, 1.54) is 0 Å². The zero-order valence-corrected chi connectivity index (χ0v) is 10.6. The molecule has 0 saturated carbocycles. The summed E-state index contributed by atoms with van der Waals surface area (Å²) in [7, 11) is 0. The second-order valence-electron chi connectivity index (χ2n) is 3.66. The lowest BCUT2D eigenvalue weighted by molar-refractivity contribution is 0.300. The van der Waals surface area contributed by atoms with Crippen molar-refractivity contribution in [3.63, 3.8) is 0 Å². The van der Waals surface area contributed by atoms with Crippen molar-refractivity contribution in [1.82, 2.24) is 0 Å². The molecule has 0 aliphatic carbocycles. The van der Waals surface area contributed by atoms with E-state index >= 15 is 0 Å². The highest BCUT2D eigenvalue weighted by Crippen LogP contribution is 2.30. The Bertz CT molecular complexity index is 331. The highest BCUT2D eigenvalue weighted by molar-refractivity contribution is 8.00. The van der Waals surface area contributed by atoms with Crippen LogP contribution < -0.4 is 10.5 Å². The van der Waals surface area contributed by atoms with Gasteiger partial charge in [-0.2, -0.15) is 0 Å². The van der Waals surface area contributed by atoms with Crippen LogP contribution in [0.15, 0.2) is 23.1 Å². The fraction of sp³-hybridized carbons (Fsp3) is 0.500. The zero-order chi connectivity index (χ0) is 12.0. The Balaban J connectivity index is 2.72. The Morgan fingerprint density at radius 1 is 1.50 bits per heavy atom. The second-order valence-corrected chi connectivity index (χ2v) is 5.17. The second kappa shape index (κ2) is 6.66. The van der Waals surface area contributed by atoms with E-state index in [9.17, 15) is 0 Å². The molecule has 0 fully saturated rings. The average molecular weight is 241 g/mol. The number of nitrogens with two attached hydrogens (primary N) is 1. The predicted octanol–water partition coefficient (Wildman–Crippen LogP) is 2.53. The SMILES string of the molecule is CCCOc1cc(SC(C)CO)ccc1N. The molecule has 0 heterocycles. The van der Waals surface area contributed by atoms with Crippen molar-refractivity contribution < 1.29 is 9.84 Å². The molecular formula is C12H19NO2S. The number of aliphatic hydroxyl groups excluding tert-OH is 1. The summed E-state index contributed by atoms with van der Waals surface area (Å²) >= 11 is 1.61. The zero-order valence-electron chi connectivity index (χ0n) is 9.77. The van der Waals surface area contributed by atoms with Gasteiger partial charge in [-0.3, -0.25) is 0 Å². The van der Waals surface area contributed by atoms with Crippen molar-refractivity contribution in [3.05, 3.63) is 18.2 Å². The number of ether oxygens (including phenoxy) is 1. The smallest absolute Gasteiger partial charge is 0.143 e. The maximum atomic E-state index is 8.98. The van der Waals surface area contributed by atoms with Crippen molar-refractivity contribution in [3.8, 4) is 5.75 Å². The molecule has 1 atom stereocenters. The molecule has 16 heavy (non-hydrogen) atoms. The van der Waals surface area contributed by atoms with Gasteiger partial charge in [0.05, 0.1) is 18.9 Å². The third-order valence-corrected chi connectivity index (χ3v) is 3.12. The molecule has 0 bridgehead atoms. The van der Waals surface area contributed by atoms with Gasteiger partial charge in [-0.15, -0.1) is 11.8 Å². The molecule has 90 valence electrons. The number of aliphatic hydroxyl groups is 1. The van der Waals surface area contributed by atoms with Crippen LogP contribution in [0, 0.1) is 0 Å². The molecule has 1 aromatic carbocycles. The minimum Gasteiger partial charge on any atom is -0.491 e. The Kier molecular flexibility index (Phi) is 5.49. The number of hydrogen-bond acceptors (Lipinski definition) is 4. The first-order chi connectivity index (χ1) is 7.67. The van der Waals surface area contributed by atoms with Gasteiger partial charge in [-0.05, 0) is 24.6 Å². The van der Waals surface area contributed by atoms with Crippen LogP contribution in [0.4, 0.5) is 5.69 Å². The predicted molar refractivity (Wildman–Crippen MR) is 69.0 cm³/mol.